The van der Waals surface area contributed by atoms with Crippen molar-refractivity contribution < 1.29 is 9.90 Å². The van der Waals surface area contributed by atoms with Crippen LogP contribution in [0.1, 0.15) is 19.8 Å². The Morgan fingerprint density at radius 2 is 1.72 bits per heavy atom. The van der Waals surface area contributed by atoms with Crippen LogP contribution in [0.15, 0.2) is 29.1 Å². The Bertz CT molecular complexity index is 625. The zero-order valence-corrected chi connectivity index (χ0v) is 10.3. The maximum Gasteiger partial charge on any atom is 0.329 e. The van der Waals surface area contributed by atoms with Crippen LogP contribution in [0, 0.1) is 0 Å². The summed E-state index contributed by atoms with van der Waals surface area (Å²) >= 11 is 0. The molecular formula is C13H15N2O3-. The van der Waals surface area contributed by atoms with Crippen LogP contribution in [0.2, 0.25) is 0 Å². The Hall–Kier alpha value is -2.04. The summed E-state index contributed by atoms with van der Waals surface area (Å²) in [6.07, 6.45) is 0.703. The highest BCUT2D eigenvalue weighted by molar-refractivity contribution is 5.76. The van der Waals surface area contributed by atoms with Crippen molar-refractivity contribution in [1.29, 1.82) is 0 Å². The molecule has 5 heteroatoms. The number of hydrogen-bond donors (Lipinski definition) is 0. The van der Waals surface area contributed by atoms with Crippen LogP contribution in [-0.4, -0.2) is 15.1 Å². The number of aliphatic carboxylic acids is 1. The lowest BCUT2D eigenvalue weighted by Gasteiger charge is -2.03. The van der Waals surface area contributed by atoms with E-state index in [-0.39, 0.29) is 18.7 Å². The minimum Gasteiger partial charge on any atom is -0.550 e. The SMILES string of the molecule is CCCn1c(=O)n(CCC(=O)[O-])c2ccccc21. The fraction of sp³-hybridized carbons (Fsp3) is 0.385. The second-order valence-electron chi connectivity index (χ2n) is 4.20. The minimum absolute atomic E-state index is 0.151. The smallest absolute Gasteiger partial charge is 0.329 e. The number of carbonyl (C=O) groups is 1. The average Bonchev–Trinajstić information content (AvgIpc) is 2.61. The van der Waals surface area contributed by atoms with Gasteiger partial charge in [-0.3, -0.25) is 9.13 Å². The standard InChI is InChI=1S/C13H16N2O3/c1-2-8-14-10-5-3-4-6-11(10)15(13(14)18)9-7-12(16)17/h3-6H,2,7-9H2,1H3,(H,16,17)/p-1. The maximum absolute atomic E-state index is 12.2. The number of nitrogens with zero attached hydrogens (tertiary/aromatic N) is 2. The Balaban J connectivity index is 2.54. The Morgan fingerprint density at radius 1 is 1.17 bits per heavy atom. The molecule has 1 heterocycles. The van der Waals surface area contributed by atoms with Crippen molar-refractivity contribution in [3.8, 4) is 0 Å². The van der Waals surface area contributed by atoms with Gasteiger partial charge in [-0.2, -0.15) is 0 Å². The van der Waals surface area contributed by atoms with Gasteiger partial charge in [-0.25, -0.2) is 4.79 Å². The van der Waals surface area contributed by atoms with Crippen LogP contribution < -0.4 is 10.8 Å². The van der Waals surface area contributed by atoms with Gasteiger partial charge in [-0.05, 0) is 18.6 Å². The van der Waals surface area contributed by atoms with Gasteiger partial charge in [0.15, 0.2) is 0 Å². The quantitative estimate of drug-likeness (QED) is 0.765. The van der Waals surface area contributed by atoms with E-state index in [1.807, 2.05) is 31.2 Å². The predicted octanol–water partition coefficient (Wildman–Crippen LogP) is 0.353. The van der Waals surface area contributed by atoms with Crippen LogP contribution in [0.4, 0.5) is 0 Å². The third kappa shape index (κ3) is 2.16. The molecule has 0 aliphatic heterocycles. The highest BCUT2D eigenvalue weighted by Crippen LogP contribution is 2.13. The molecule has 1 aromatic heterocycles. The van der Waals surface area contributed by atoms with E-state index in [0.29, 0.717) is 6.54 Å². The first-order chi connectivity index (χ1) is 8.65. The number of aromatic nitrogens is 2. The topological polar surface area (TPSA) is 67.1 Å². The van der Waals surface area contributed by atoms with Gasteiger partial charge in [-0.1, -0.05) is 19.1 Å². The number of benzene rings is 1. The molecule has 0 amide bonds. The fourth-order valence-electron chi connectivity index (χ4n) is 2.13. The summed E-state index contributed by atoms with van der Waals surface area (Å²) in [6.45, 7) is 2.79. The molecule has 0 saturated carbocycles. The van der Waals surface area contributed by atoms with Crippen molar-refractivity contribution in [3.05, 3.63) is 34.7 Å². The molecule has 96 valence electrons. The van der Waals surface area contributed by atoms with Crippen molar-refractivity contribution in [2.75, 3.05) is 0 Å². The zero-order chi connectivity index (χ0) is 13.1. The van der Waals surface area contributed by atoms with Gasteiger partial charge in [0.05, 0.1) is 11.0 Å². The number of carbonyl (C=O) groups excluding carboxylic acids is 1. The first-order valence-corrected chi connectivity index (χ1v) is 6.03. The molecule has 0 bridgehead atoms. The molecule has 0 spiro atoms. The summed E-state index contributed by atoms with van der Waals surface area (Å²) in [4.78, 5) is 22.7. The fourth-order valence-corrected chi connectivity index (χ4v) is 2.13. The van der Waals surface area contributed by atoms with E-state index in [4.69, 9.17) is 0 Å². The number of fused-ring (bicyclic) bond motifs is 1. The van der Waals surface area contributed by atoms with Gasteiger partial charge in [0.25, 0.3) is 0 Å². The largest absolute Gasteiger partial charge is 0.550 e. The summed E-state index contributed by atoms with van der Waals surface area (Å²) in [6, 6.07) is 7.42. The van der Waals surface area contributed by atoms with Crippen molar-refractivity contribution in [2.45, 2.75) is 32.9 Å². The number of para-hydroxylation sites is 2. The number of hydrogen-bond acceptors (Lipinski definition) is 3. The van der Waals surface area contributed by atoms with E-state index in [0.717, 1.165) is 17.5 Å². The van der Waals surface area contributed by atoms with E-state index in [9.17, 15) is 14.7 Å². The molecule has 2 aromatic rings. The number of rotatable bonds is 5. The molecule has 0 aliphatic carbocycles. The summed E-state index contributed by atoms with van der Waals surface area (Å²) in [5, 5.41) is 10.5. The van der Waals surface area contributed by atoms with Crippen molar-refractivity contribution in [3.63, 3.8) is 0 Å². The first-order valence-electron chi connectivity index (χ1n) is 6.03. The van der Waals surface area contributed by atoms with Crippen LogP contribution in [0.25, 0.3) is 11.0 Å². The molecule has 0 unspecified atom stereocenters. The summed E-state index contributed by atoms with van der Waals surface area (Å²) < 4.78 is 3.19. The van der Waals surface area contributed by atoms with Gasteiger partial charge in [0.2, 0.25) is 0 Å². The molecule has 0 atom stereocenters. The zero-order valence-electron chi connectivity index (χ0n) is 10.3. The predicted molar refractivity (Wildman–Crippen MR) is 66.1 cm³/mol. The molecule has 1 aromatic carbocycles. The van der Waals surface area contributed by atoms with Crippen LogP contribution in [0.3, 0.4) is 0 Å². The minimum atomic E-state index is -1.14. The van der Waals surface area contributed by atoms with Gasteiger partial charge in [-0.15, -0.1) is 0 Å². The molecule has 0 fully saturated rings. The van der Waals surface area contributed by atoms with Crippen molar-refractivity contribution in [2.24, 2.45) is 0 Å². The summed E-state index contributed by atoms with van der Waals surface area (Å²) in [7, 11) is 0. The number of carboxylic acid groups (broad SMARTS) is 1. The molecule has 0 saturated heterocycles. The molecular weight excluding hydrogens is 232 g/mol. The normalized spacial score (nSPS) is 10.9. The molecule has 18 heavy (non-hydrogen) atoms. The van der Waals surface area contributed by atoms with E-state index in [2.05, 4.69) is 0 Å². The Kier molecular flexibility index (Phi) is 3.50. The van der Waals surface area contributed by atoms with Gasteiger partial charge in [0, 0.05) is 25.5 Å². The third-order valence-electron chi connectivity index (χ3n) is 2.91. The third-order valence-corrected chi connectivity index (χ3v) is 2.91. The van der Waals surface area contributed by atoms with E-state index in [1.54, 1.807) is 4.57 Å². The van der Waals surface area contributed by atoms with Crippen molar-refractivity contribution in [1.82, 2.24) is 9.13 Å². The summed E-state index contributed by atoms with van der Waals surface area (Å²) in [5.41, 5.74) is 1.47. The lowest BCUT2D eigenvalue weighted by atomic mass is 10.3. The van der Waals surface area contributed by atoms with Crippen LogP contribution >= 0.6 is 0 Å². The molecule has 0 N–H and O–H groups in total. The molecule has 2 rings (SSSR count). The van der Waals surface area contributed by atoms with Gasteiger partial charge in [0.1, 0.15) is 0 Å². The first kappa shape index (κ1) is 12.4. The number of aryl methyl sites for hydroxylation is 2. The van der Waals surface area contributed by atoms with Gasteiger partial charge >= 0.3 is 5.69 Å². The second-order valence-corrected chi connectivity index (χ2v) is 4.20. The lowest BCUT2D eigenvalue weighted by molar-refractivity contribution is -0.305. The maximum atomic E-state index is 12.2. The summed E-state index contributed by atoms with van der Waals surface area (Å²) in [5.74, 6) is -1.14. The highest BCUT2D eigenvalue weighted by atomic mass is 16.4. The average molecular weight is 247 g/mol. The monoisotopic (exact) mass is 247 g/mol. The Morgan fingerprint density at radius 3 is 2.22 bits per heavy atom. The molecule has 5 nitrogen and oxygen atoms in total. The molecule has 0 radical (unpaired) electrons. The number of imidazole rings is 1. The lowest BCUT2D eigenvalue weighted by Crippen LogP contribution is -2.28. The van der Waals surface area contributed by atoms with Crippen molar-refractivity contribution >= 4 is 17.0 Å². The van der Waals surface area contributed by atoms with E-state index < -0.39 is 5.97 Å². The van der Waals surface area contributed by atoms with Crippen LogP contribution in [-0.2, 0) is 17.9 Å². The second kappa shape index (κ2) is 5.08. The van der Waals surface area contributed by atoms with Gasteiger partial charge < -0.3 is 9.90 Å². The Labute approximate surface area is 104 Å². The van der Waals surface area contributed by atoms with Crippen LogP contribution in [0.5, 0.6) is 0 Å². The highest BCUT2D eigenvalue weighted by Gasteiger charge is 2.11. The number of carboxylic acids is 1. The molecule has 0 aliphatic rings. The van der Waals surface area contributed by atoms with E-state index in [1.165, 1.54) is 4.57 Å². The van der Waals surface area contributed by atoms with E-state index >= 15 is 0 Å².